The third kappa shape index (κ3) is 3.64. The minimum absolute atomic E-state index is 0.114. The molecule has 1 heterocycles. The van der Waals surface area contributed by atoms with E-state index in [-0.39, 0.29) is 5.25 Å². The van der Waals surface area contributed by atoms with Crippen LogP contribution in [-0.4, -0.2) is 10.2 Å². The van der Waals surface area contributed by atoms with Gasteiger partial charge in [0.2, 0.25) is 11.8 Å². The highest BCUT2D eigenvalue weighted by molar-refractivity contribution is 7.99. The van der Waals surface area contributed by atoms with Crippen molar-refractivity contribution in [3.05, 3.63) is 65.0 Å². The molecular formula is C19H20N2OS. The summed E-state index contributed by atoms with van der Waals surface area (Å²) >= 11 is 1.73. The Morgan fingerprint density at radius 2 is 1.78 bits per heavy atom. The van der Waals surface area contributed by atoms with E-state index in [1.54, 1.807) is 11.8 Å². The fraction of sp³-hybridized carbons (Fsp3) is 0.263. The summed E-state index contributed by atoms with van der Waals surface area (Å²) < 4.78 is 5.87. The third-order valence-corrected chi connectivity index (χ3v) is 4.93. The van der Waals surface area contributed by atoms with Gasteiger partial charge >= 0.3 is 0 Å². The maximum Gasteiger partial charge on any atom is 0.247 e. The molecule has 0 saturated carbocycles. The lowest BCUT2D eigenvalue weighted by atomic mass is 10.1. The number of aryl methyl sites for hydroxylation is 3. The third-order valence-electron chi connectivity index (χ3n) is 3.84. The molecule has 0 bridgehead atoms. The molecule has 2 aromatic carbocycles. The van der Waals surface area contributed by atoms with Gasteiger partial charge in [0.25, 0.3) is 0 Å². The van der Waals surface area contributed by atoms with Gasteiger partial charge in [-0.2, -0.15) is 0 Å². The van der Waals surface area contributed by atoms with Crippen molar-refractivity contribution in [2.75, 3.05) is 0 Å². The Bertz CT molecular complexity index is 826. The molecule has 0 fully saturated rings. The molecule has 3 nitrogen and oxygen atoms in total. The predicted molar refractivity (Wildman–Crippen MR) is 94.7 cm³/mol. The molecule has 0 unspecified atom stereocenters. The molecule has 118 valence electrons. The Kier molecular flexibility index (Phi) is 4.53. The zero-order chi connectivity index (χ0) is 16.4. The Balaban J connectivity index is 1.78. The van der Waals surface area contributed by atoms with Crippen LogP contribution in [0.5, 0.6) is 0 Å². The molecule has 0 N–H and O–H groups in total. The van der Waals surface area contributed by atoms with Crippen molar-refractivity contribution in [2.24, 2.45) is 0 Å². The molecule has 23 heavy (non-hydrogen) atoms. The highest BCUT2D eigenvalue weighted by Gasteiger charge is 2.16. The van der Waals surface area contributed by atoms with Gasteiger partial charge in [0.1, 0.15) is 0 Å². The SMILES string of the molecule is Cc1cccc(-c2nnc([C@@H](C)Sc3ccc(C)c(C)c3)o2)c1. The van der Waals surface area contributed by atoms with Crippen molar-refractivity contribution in [1.29, 1.82) is 0 Å². The minimum Gasteiger partial charge on any atom is -0.419 e. The van der Waals surface area contributed by atoms with E-state index in [1.807, 2.05) is 12.1 Å². The van der Waals surface area contributed by atoms with Crippen molar-refractivity contribution in [2.45, 2.75) is 37.8 Å². The fourth-order valence-corrected chi connectivity index (χ4v) is 3.33. The van der Waals surface area contributed by atoms with E-state index >= 15 is 0 Å². The summed E-state index contributed by atoms with van der Waals surface area (Å²) in [5.74, 6) is 1.24. The second-order valence-electron chi connectivity index (χ2n) is 5.82. The van der Waals surface area contributed by atoms with Gasteiger partial charge in [0.15, 0.2) is 0 Å². The lowest BCUT2D eigenvalue weighted by Gasteiger charge is -2.08. The summed E-state index contributed by atoms with van der Waals surface area (Å²) in [6.07, 6.45) is 0. The Morgan fingerprint density at radius 1 is 0.957 bits per heavy atom. The van der Waals surface area contributed by atoms with Crippen LogP contribution in [0, 0.1) is 20.8 Å². The molecule has 0 aliphatic rings. The van der Waals surface area contributed by atoms with Crippen molar-refractivity contribution in [3.63, 3.8) is 0 Å². The molecule has 0 saturated heterocycles. The van der Waals surface area contributed by atoms with Gasteiger partial charge < -0.3 is 4.42 Å². The van der Waals surface area contributed by atoms with Gasteiger partial charge in [-0.05, 0) is 63.1 Å². The van der Waals surface area contributed by atoms with E-state index in [0.717, 1.165) is 5.56 Å². The van der Waals surface area contributed by atoms with Gasteiger partial charge in [0.05, 0.1) is 5.25 Å². The van der Waals surface area contributed by atoms with Gasteiger partial charge in [-0.3, -0.25) is 0 Å². The van der Waals surface area contributed by atoms with E-state index < -0.39 is 0 Å². The number of rotatable bonds is 4. The first-order valence-corrected chi connectivity index (χ1v) is 8.55. The molecule has 0 aliphatic carbocycles. The number of aromatic nitrogens is 2. The highest BCUT2D eigenvalue weighted by Crippen LogP contribution is 2.35. The van der Waals surface area contributed by atoms with Gasteiger partial charge in [-0.25, -0.2) is 0 Å². The predicted octanol–water partition coefficient (Wildman–Crippen LogP) is 5.52. The van der Waals surface area contributed by atoms with Gasteiger partial charge in [0, 0.05) is 10.5 Å². The van der Waals surface area contributed by atoms with E-state index in [1.165, 1.54) is 21.6 Å². The topological polar surface area (TPSA) is 38.9 Å². The van der Waals surface area contributed by atoms with Crippen LogP contribution >= 0.6 is 11.8 Å². The zero-order valence-electron chi connectivity index (χ0n) is 13.8. The molecule has 3 aromatic rings. The van der Waals surface area contributed by atoms with Crippen molar-refractivity contribution in [1.82, 2.24) is 10.2 Å². The van der Waals surface area contributed by atoms with Gasteiger partial charge in [-0.15, -0.1) is 22.0 Å². The Hall–Kier alpha value is -2.07. The highest BCUT2D eigenvalue weighted by atomic mass is 32.2. The summed E-state index contributed by atoms with van der Waals surface area (Å²) in [4.78, 5) is 1.22. The summed E-state index contributed by atoms with van der Waals surface area (Å²) in [5.41, 5.74) is 4.75. The molecule has 0 spiro atoms. The van der Waals surface area contributed by atoms with Gasteiger partial charge in [-0.1, -0.05) is 23.8 Å². The smallest absolute Gasteiger partial charge is 0.247 e. The monoisotopic (exact) mass is 324 g/mol. The molecule has 4 heteroatoms. The van der Waals surface area contributed by atoms with Crippen LogP contribution in [-0.2, 0) is 0 Å². The molecule has 3 rings (SSSR count). The maximum atomic E-state index is 5.87. The van der Waals surface area contributed by atoms with Crippen LogP contribution in [0.4, 0.5) is 0 Å². The lowest BCUT2D eigenvalue weighted by Crippen LogP contribution is -1.89. The van der Waals surface area contributed by atoms with Crippen LogP contribution in [0.25, 0.3) is 11.5 Å². The number of benzene rings is 2. The zero-order valence-corrected chi connectivity index (χ0v) is 14.6. The van der Waals surface area contributed by atoms with E-state index in [2.05, 4.69) is 68.2 Å². The molecule has 0 aliphatic heterocycles. The number of hydrogen-bond donors (Lipinski definition) is 0. The second kappa shape index (κ2) is 6.59. The minimum atomic E-state index is 0.114. The molecule has 1 atom stereocenters. The van der Waals surface area contributed by atoms with Crippen LogP contribution in [0.1, 0.15) is 34.8 Å². The average molecular weight is 324 g/mol. The first kappa shape index (κ1) is 15.8. The Morgan fingerprint density at radius 3 is 2.52 bits per heavy atom. The second-order valence-corrected chi connectivity index (χ2v) is 7.24. The van der Waals surface area contributed by atoms with E-state index in [4.69, 9.17) is 4.42 Å². The molecule has 0 amide bonds. The van der Waals surface area contributed by atoms with Crippen LogP contribution < -0.4 is 0 Å². The van der Waals surface area contributed by atoms with Crippen LogP contribution in [0.2, 0.25) is 0 Å². The van der Waals surface area contributed by atoms with Crippen LogP contribution in [0.3, 0.4) is 0 Å². The largest absolute Gasteiger partial charge is 0.419 e. The number of nitrogens with zero attached hydrogens (tertiary/aromatic N) is 2. The number of thioether (sulfide) groups is 1. The Labute approximate surface area is 141 Å². The maximum absolute atomic E-state index is 5.87. The van der Waals surface area contributed by atoms with Crippen molar-refractivity contribution in [3.8, 4) is 11.5 Å². The first-order chi connectivity index (χ1) is 11.0. The summed E-state index contributed by atoms with van der Waals surface area (Å²) in [6, 6.07) is 14.6. The number of hydrogen-bond acceptors (Lipinski definition) is 4. The van der Waals surface area contributed by atoms with E-state index in [9.17, 15) is 0 Å². The summed E-state index contributed by atoms with van der Waals surface area (Å²) in [6.45, 7) is 8.40. The lowest BCUT2D eigenvalue weighted by molar-refractivity contribution is 0.509. The van der Waals surface area contributed by atoms with Crippen LogP contribution in [0.15, 0.2) is 51.8 Å². The summed E-state index contributed by atoms with van der Waals surface area (Å²) in [5, 5.41) is 8.53. The molecule has 0 radical (unpaired) electrons. The van der Waals surface area contributed by atoms with Crippen molar-refractivity contribution >= 4 is 11.8 Å². The van der Waals surface area contributed by atoms with E-state index in [0.29, 0.717) is 11.8 Å². The quantitative estimate of drug-likeness (QED) is 0.593. The fourth-order valence-electron chi connectivity index (χ4n) is 2.34. The summed E-state index contributed by atoms with van der Waals surface area (Å²) in [7, 11) is 0. The standard InChI is InChI=1S/C19H20N2OS/c1-12-6-5-7-16(10-12)19-21-20-18(22-19)15(4)23-17-9-8-13(2)14(3)11-17/h5-11,15H,1-4H3/t15-/m1/s1. The van der Waals surface area contributed by atoms with Crippen molar-refractivity contribution < 1.29 is 4.42 Å². The first-order valence-electron chi connectivity index (χ1n) is 7.67. The average Bonchev–Trinajstić information content (AvgIpc) is 3.01. The molecule has 1 aromatic heterocycles. The molecular weight excluding hydrogens is 304 g/mol. The normalized spacial score (nSPS) is 12.3.